The van der Waals surface area contributed by atoms with Crippen LogP contribution in [0.1, 0.15) is 30.4 Å². The highest BCUT2D eigenvalue weighted by molar-refractivity contribution is 14.1. The van der Waals surface area contributed by atoms with Crippen LogP contribution in [0, 0.1) is 3.57 Å². The molecule has 0 aliphatic carbocycles. The number of nitrogens with two attached hydrogens (primary N) is 1. The van der Waals surface area contributed by atoms with Gasteiger partial charge in [-0.3, -0.25) is 4.79 Å². The predicted octanol–water partition coefficient (Wildman–Crippen LogP) is 4.18. The molecule has 2 nitrogen and oxygen atoms in total. The van der Waals surface area contributed by atoms with Gasteiger partial charge in [0.2, 0.25) is 0 Å². The number of anilines is 1. The van der Waals surface area contributed by atoms with Crippen molar-refractivity contribution in [1.29, 1.82) is 0 Å². The van der Waals surface area contributed by atoms with Crippen molar-refractivity contribution in [2.75, 3.05) is 5.73 Å². The molecule has 20 heavy (non-hydrogen) atoms. The summed E-state index contributed by atoms with van der Waals surface area (Å²) in [6, 6.07) is 15.9. The van der Waals surface area contributed by atoms with Crippen LogP contribution in [0.25, 0.3) is 0 Å². The van der Waals surface area contributed by atoms with E-state index in [1.54, 1.807) is 0 Å². The molecule has 0 aliphatic rings. The fourth-order valence-electron chi connectivity index (χ4n) is 2.19. The van der Waals surface area contributed by atoms with Gasteiger partial charge in [-0.25, -0.2) is 0 Å². The smallest absolute Gasteiger partial charge is 0.137 e. The number of halogens is 1. The third-order valence-electron chi connectivity index (χ3n) is 3.35. The maximum Gasteiger partial charge on any atom is 0.137 e. The minimum absolute atomic E-state index is 0.229. The van der Waals surface area contributed by atoms with Crippen molar-refractivity contribution in [3.05, 3.63) is 63.2 Å². The zero-order valence-electron chi connectivity index (χ0n) is 11.5. The molecule has 3 heteroatoms. The maximum atomic E-state index is 12.1. The molecule has 0 aromatic heterocycles. The summed E-state index contributed by atoms with van der Waals surface area (Å²) >= 11 is 2.27. The van der Waals surface area contributed by atoms with Crippen LogP contribution < -0.4 is 5.73 Å². The van der Waals surface area contributed by atoms with Gasteiger partial charge in [-0.2, -0.15) is 0 Å². The summed E-state index contributed by atoms with van der Waals surface area (Å²) in [5, 5.41) is 0. The molecule has 104 valence electrons. The van der Waals surface area contributed by atoms with E-state index in [2.05, 4.69) is 29.5 Å². The molecule has 1 atom stereocenters. The summed E-state index contributed by atoms with van der Waals surface area (Å²) in [6.45, 7) is 2.08. The molecule has 0 spiro atoms. The molecular formula is C17H18INO. The van der Waals surface area contributed by atoms with Crippen LogP contribution in [-0.4, -0.2) is 5.78 Å². The lowest BCUT2D eigenvalue weighted by atomic mass is 9.93. The van der Waals surface area contributed by atoms with Crippen molar-refractivity contribution in [3.8, 4) is 0 Å². The monoisotopic (exact) mass is 379 g/mol. The number of rotatable bonds is 5. The summed E-state index contributed by atoms with van der Waals surface area (Å²) in [7, 11) is 0. The zero-order chi connectivity index (χ0) is 14.5. The SMILES string of the molecule is CC(CC(=O)Cc1ccc(I)cc1)c1ccc(N)cc1. The molecule has 2 rings (SSSR count). The van der Waals surface area contributed by atoms with Gasteiger partial charge in [-0.15, -0.1) is 0 Å². The Kier molecular flexibility index (Phi) is 5.17. The molecule has 0 amide bonds. The number of ketones is 1. The molecular weight excluding hydrogens is 361 g/mol. The lowest BCUT2D eigenvalue weighted by Gasteiger charge is -2.11. The molecule has 0 aliphatic heterocycles. The van der Waals surface area contributed by atoms with Gasteiger partial charge in [0.1, 0.15) is 5.78 Å². The Labute approximate surface area is 133 Å². The number of hydrogen-bond donors (Lipinski definition) is 1. The van der Waals surface area contributed by atoms with Gasteiger partial charge in [0.25, 0.3) is 0 Å². The Hall–Kier alpha value is -1.36. The first-order valence-corrected chi connectivity index (χ1v) is 7.74. The first-order chi connectivity index (χ1) is 9.54. The molecule has 0 saturated heterocycles. The molecule has 0 bridgehead atoms. The number of carbonyl (C=O) groups is 1. The van der Waals surface area contributed by atoms with E-state index in [1.807, 2.05) is 48.5 Å². The summed E-state index contributed by atoms with van der Waals surface area (Å²) in [4.78, 5) is 12.1. The van der Waals surface area contributed by atoms with E-state index < -0.39 is 0 Å². The minimum atomic E-state index is 0.229. The van der Waals surface area contributed by atoms with E-state index in [9.17, 15) is 4.79 Å². The largest absolute Gasteiger partial charge is 0.399 e. The zero-order valence-corrected chi connectivity index (χ0v) is 13.6. The predicted molar refractivity (Wildman–Crippen MR) is 91.8 cm³/mol. The second-order valence-electron chi connectivity index (χ2n) is 5.11. The quantitative estimate of drug-likeness (QED) is 0.626. The van der Waals surface area contributed by atoms with Gasteiger partial charge in [0, 0.05) is 22.1 Å². The van der Waals surface area contributed by atoms with Crippen molar-refractivity contribution >= 4 is 34.1 Å². The van der Waals surface area contributed by atoms with Crippen LogP contribution in [0.15, 0.2) is 48.5 Å². The summed E-state index contributed by atoms with van der Waals surface area (Å²) < 4.78 is 1.19. The van der Waals surface area contributed by atoms with Gasteiger partial charge in [0.05, 0.1) is 0 Å². The fourth-order valence-corrected chi connectivity index (χ4v) is 2.55. The van der Waals surface area contributed by atoms with Gasteiger partial charge in [0.15, 0.2) is 0 Å². The van der Waals surface area contributed by atoms with Crippen LogP contribution in [0.5, 0.6) is 0 Å². The Morgan fingerprint density at radius 3 is 2.30 bits per heavy atom. The first-order valence-electron chi connectivity index (χ1n) is 6.66. The van der Waals surface area contributed by atoms with Crippen molar-refractivity contribution in [1.82, 2.24) is 0 Å². The van der Waals surface area contributed by atoms with Crippen molar-refractivity contribution in [2.45, 2.75) is 25.7 Å². The first kappa shape index (κ1) is 15.0. The van der Waals surface area contributed by atoms with Gasteiger partial charge in [-0.1, -0.05) is 31.2 Å². The average molecular weight is 379 g/mol. The average Bonchev–Trinajstić information content (AvgIpc) is 2.42. The van der Waals surface area contributed by atoms with Gasteiger partial charge in [-0.05, 0) is 63.9 Å². The third-order valence-corrected chi connectivity index (χ3v) is 4.07. The van der Waals surface area contributed by atoms with E-state index in [0.717, 1.165) is 16.8 Å². The summed E-state index contributed by atoms with van der Waals surface area (Å²) in [5.41, 5.74) is 8.68. The van der Waals surface area contributed by atoms with Crippen LogP contribution >= 0.6 is 22.6 Å². The third kappa shape index (κ3) is 4.34. The molecule has 0 heterocycles. The molecule has 2 aromatic rings. The standard InChI is InChI=1S/C17H18INO/c1-12(14-4-8-16(19)9-5-14)10-17(20)11-13-2-6-15(18)7-3-13/h2-9,12H,10-11,19H2,1H3. The fraction of sp³-hybridized carbons (Fsp3) is 0.235. The normalized spacial score (nSPS) is 12.1. The molecule has 1 unspecified atom stereocenters. The topological polar surface area (TPSA) is 43.1 Å². The lowest BCUT2D eigenvalue weighted by molar-refractivity contribution is -0.118. The molecule has 0 saturated carbocycles. The Morgan fingerprint density at radius 1 is 1.10 bits per heavy atom. The highest BCUT2D eigenvalue weighted by Gasteiger charge is 2.11. The molecule has 2 N–H and O–H groups in total. The van der Waals surface area contributed by atoms with E-state index >= 15 is 0 Å². The second kappa shape index (κ2) is 6.88. The number of benzene rings is 2. The summed E-state index contributed by atoms with van der Waals surface area (Å²) in [5.74, 6) is 0.502. The Bertz CT molecular complexity index is 575. The van der Waals surface area contributed by atoms with E-state index in [1.165, 1.54) is 3.57 Å². The van der Waals surface area contributed by atoms with Crippen LogP contribution in [0.3, 0.4) is 0 Å². The lowest BCUT2D eigenvalue weighted by Crippen LogP contribution is -2.07. The number of Topliss-reactive ketones (excluding diaryl/α,β-unsaturated/α-hetero) is 1. The van der Waals surface area contributed by atoms with Crippen LogP contribution in [0.4, 0.5) is 5.69 Å². The molecule has 0 radical (unpaired) electrons. The second-order valence-corrected chi connectivity index (χ2v) is 6.36. The molecule has 2 aromatic carbocycles. The van der Waals surface area contributed by atoms with Crippen molar-refractivity contribution < 1.29 is 4.79 Å². The molecule has 0 fully saturated rings. The summed E-state index contributed by atoms with van der Waals surface area (Å²) in [6.07, 6.45) is 1.08. The van der Waals surface area contributed by atoms with Crippen molar-refractivity contribution in [2.24, 2.45) is 0 Å². The Morgan fingerprint density at radius 2 is 1.70 bits per heavy atom. The van der Waals surface area contributed by atoms with E-state index in [4.69, 9.17) is 5.73 Å². The number of hydrogen-bond acceptors (Lipinski definition) is 2. The maximum absolute atomic E-state index is 12.1. The highest BCUT2D eigenvalue weighted by Crippen LogP contribution is 2.21. The number of nitrogen functional groups attached to an aromatic ring is 1. The van der Waals surface area contributed by atoms with E-state index in [-0.39, 0.29) is 11.7 Å². The highest BCUT2D eigenvalue weighted by atomic mass is 127. The van der Waals surface area contributed by atoms with E-state index in [0.29, 0.717) is 12.8 Å². The van der Waals surface area contributed by atoms with Crippen LogP contribution in [0.2, 0.25) is 0 Å². The van der Waals surface area contributed by atoms with Crippen molar-refractivity contribution in [3.63, 3.8) is 0 Å². The Balaban J connectivity index is 1.93. The minimum Gasteiger partial charge on any atom is -0.399 e. The van der Waals surface area contributed by atoms with Crippen LogP contribution in [-0.2, 0) is 11.2 Å². The van der Waals surface area contributed by atoms with Gasteiger partial charge >= 0.3 is 0 Å². The number of carbonyl (C=O) groups excluding carboxylic acids is 1. The van der Waals surface area contributed by atoms with Gasteiger partial charge < -0.3 is 5.73 Å².